The van der Waals surface area contributed by atoms with E-state index in [1.165, 1.54) is 43.2 Å². The van der Waals surface area contributed by atoms with Crippen LogP contribution in [0.25, 0.3) is 0 Å². The van der Waals surface area contributed by atoms with Crippen LogP contribution in [0.1, 0.15) is 76.8 Å². The van der Waals surface area contributed by atoms with Crippen molar-refractivity contribution in [2.75, 3.05) is 5.32 Å². The molecule has 1 aliphatic carbocycles. The Bertz CT molecular complexity index is 561. The second kappa shape index (κ2) is 4.86. The van der Waals surface area contributed by atoms with Crippen molar-refractivity contribution >= 4 is 11.6 Å². The van der Waals surface area contributed by atoms with E-state index in [1.807, 2.05) is 0 Å². The molecule has 2 aliphatic rings. The fraction of sp³-hybridized carbons (Fsp3) is 0.632. The van der Waals surface area contributed by atoms with E-state index < -0.39 is 0 Å². The Hall–Kier alpha value is -1.31. The molecule has 114 valence electrons. The SMILES string of the molecule is CC(C)(C)c1ccc2c(c1)C(C1(C)CCCCC1)C(=O)N2. The molecule has 1 aromatic carbocycles. The molecule has 3 rings (SSSR count). The van der Waals surface area contributed by atoms with Gasteiger partial charge in [-0.2, -0.15) is 0 Å². The van der Waals surface area contributed by atoms with E-state index in [9.17, 15) is 4.79 Å². The highest BCUT2D eigenvalue weighted by atomic mass is 16.2. The molecule has 0 bridgehead atoms. The first-order valence-electron chi connectivity index (χ1n) is 8.27. The first-order valence-corrected chi connectivity index (χ1v) is 8.27. The van der Waals surface area contributed by atoms with Crippen molar-refractivity contribution in [2.24, 2.45) is 5.41 Å². The summed E-state index contributed by atoms with van der Waals surface area (Å²) in [5.74, 6) is 0.246. The maximum absolute atomic E-state index is 12.6. The van der Waals surface area contributed by atoms with Gasteiger partial charge in [0.15, 0.2) is 0 Å². The number of rotatable bonds is 1. The van der Waals surface area contributed by atoms with E-state index in [2.05, 4.69) is 51.2 Å². The molecule has 1 N–H and O–H groups in total. The van der Waals surface area contributed by atoms with Crippen molar-refractivity contribution in [1.29, 1.82) is 0 Å². The van der Waals surface area contributed by atoms with Crippen molar-refractivity contribution in [3.8, 4) is 0 Å². The normalized spacial score (nSPS) is 24.6. The van der Waals surface area contributed by atoms with Gasteiger partial charge in [0.2, 0.25) is 5.91 Å². The van der Waals surface area contributed by atoms with Crippen LogP contribution in [0.4, 0.5) is 5.69 Å². The number of hydrogen-bond acceptors (Lipinski definition) is 1. The van der Waals surface area contributed by atoms with Gasteiger partial charge < -0.3 is 5.32 Å². The smallest absolute Gasteiger partial charge is 0.232 e. The number of hydrogen-bond donors (Lipinski definition) is 1. The van der Waals surface area contributed by atoms with E-state index in [0.717, 1.165) is 5.69 Å². The second-order valence-corrected chi connectivity index (χ2v) is 8.19. The fourth-order valence-electron chi connectivity index (χ4n) is 4.07. The van der Waals surface area contributed by atoms with Gasteiger partial charge in [-0.3, -0.25) is 4.79 Å². The van der Waals surface area contributed by atoms with E-state index in [1.54, 1.807) is 0 Å². The molecule has 21 heavy (non-hydrogen) atoms. The molecule has 1 atom stereocenters. The molecular weight excluding hydrogens is 258 g/mol. The summed E-state index contributed by atoms with van der Waals surface area (Å²) in [4.78, 5) is 12.6. The summed E-state index contributed by atoms with van der Waals surface area (Å²) in [6.45, 7) is 9.01. The molecule has 1 amide bonds. The monoisotopic (exact) mass is 285 g/mol. The Morgan fingerprint density at radius 1 is 1.14 bits per heavy atom. The predicted octanol–water partition coefficient (Wildman–Crippen LogP) is 4.99. The van der Waals surface area contributed by atoms with E-state index in [4.69, 9.17) is 0 Å². The number of carbonyl (C=O) groups is 1. The Kier molecular flexibility index (Phi) is 3.38. The van der Waals surface area contributed by atoms with E-state index in [0.29, 0.717) is 0 Å². The Morgan fingerprint density at radius 3 is 2.43 bits per heavy atom. The largest absolute Gasteiger partial charge is 0.325 e. The molecular formula is C19H27NO. The Balaban J connectivity index is 2.03. The highest BCUT2D eigenvalue weighted by molar-refractivity contribution is 6.03. The van der Waals surface area contributed by atoms with Crippen LogP contribution in [0, 0.1) is 5.41 Å². The number of fused-ring (bicyclic) bond motifs is 1. The molecule has 0 aromatic heterocycles. The van der Waals surface area contributed by atoms with Crippen molar-refractivity contribution in [3.63, 3.8) is 0 Å². The van der Waals surface area contributed by atoms with Gasteiger partial charge in [0.25, 0.3) is 0 Å². The fourth-order valence-corrected chi connectivity index (χ4v) is 4.07. The number of amides is 1. The highest BCUT2D eigenvalue weighted by Gasteiger charge is 2.45. The zero-order valence-electron chi connectivity index (χ0n) is 13.8. The number of carbonyl (C=O) groups excluding carboxylic acids is 1. The molecule has 1 fully saturated rings. The van der Waals surface area contributed by atoms with Gasteiger partial charge >= 0.3 is 0 Å². The lowest BCUT2D eigenvalue weighted by Gasteiger charge is -2.38. The predicted molar refractivity (Wildman–Crippen MR) is 87.7 cm³/mol. The summed E-state index contributed by atoms with van der Waals surface area (Å²) < 4.78 is 0. The van der Waals surface area contributed by atoms with Crippen LogP contribution < -0.4 is 5.32 Å². The molecule has 2 nitrogen and oxygen atoms in total. The molecule has 0 radical (unpaired) electrons. The second-order valence-electron chi connectivity index (χ2n) is 8.19. The highest BCUT2D eigenvalue weighted by Crippen LogP contribution is 2.52. The van der Waals surface area contributed by atoms with Gasteiger partial charge in [-0.25, -0.2) is 0 Å². The minimum Gasteiger partial charge on any atom is -0.325 e. The number of benzene rings is 1. The maximum atomic E-state index is 12.6. The van der Waals surface area contributed by atoms with Crippen molar-refractivity contribution < 1.29 is 4.79 Å². The van der Waals surface area contributed by atoms with Gasteiger partial charge in [-0.15, -0.1) is 0 Å². The van der Waals surface area contributed by atoms with E-state index >= 15 is 0 Å². The summed E-state index contributed by atoms with van der Waals surface area (Å²) >= 11 is 0. The van der Waals surface area contributed by atoms with Crippen LogP contribution in [0.5, 0.6) is 0 Å². The third-order valence-corrected chi connectivity index (χ3v) is 5.44. The van der Waals surface area contributed by atoms with Crippen molar-refractivity contribution in [1.82, 2.24) is 0 Å². The molecule has 1 unspecified atom stereocenters. The summed E-state index contributed by atoms with van der Waals surface area (Å²) in [6, 6.07) is 6.53. The Labute approximate surface area is 128 Å². The van der Waals surface area contributed by atoms with E-state index in [-0.39, 0.29) is 22.7 Å². The van der Waals surface area contributed by atoms with Crippen LogP contribution in [0.2, 0.25) is 0 Å². The number of anilines is 1. The van der Waals surface area contributed by atoms with Crippen LogP contribution in [-0.2, 0) is 10.2 Å². The van der Waals surface area contributed by atoms with Crippen LogP contribution in [0.3, 0.4) is 0 Å². The van der Waals surface area contributed by atoms with Gasteiger partial charge in [0.05, 0.1) is 5.92 Å². The molecule has 0 saturated heterocycles. The van der Waals surface area contributed by atoms with Gasteiger partial charge in [0, 0.05) is 5.69 Å². The average Bonchev–Trinajstić information content (AvgIpc) is 2.74. The third-order valence-electron chi connectivity index (χ3n) is 5.44. The molecule has 0 spiro atoms. The topological polar surface area (TPSA) is 29.1 Å². The van der Waals surface area contributed by atoms with Crippen molar-refractivity contribution in [3.05, 3.63) is 29.3 Å². The average molecular weight is 285 g/mol. The zero-order chi connectivity index (χ0) is 15.3. The first-order chi connectivity index (χ1) is 9.81. The minimum atomic E-state index is 0.0371. The van der Waals surface area contributed by atoms with Crippen LogP contribution in [-0.4, -0.2) is 5.91 Å². The van der Waals surface area contributed by atoms with Gasteiger partial charge in [0.1, 0.15) is 0 Å². The molecule has 2 heteroatoms. The standard InChI is InChI=1S/C19H27NO/c1-18(2,3)13-8-9-15-14(12-13)16(17(21)20-15)19(4)10-6-5-7-11-19/h8-9,12,16H,5-7,10-11H2,1-4H3,(H,20,21). The van der Waals surface area contributed by atoms with Crippen molar-refractivity contribution in [2.45, 2.75) is 71.1 Å². The molecule has 1 aromatic rings. The summed E-state index contributed by atoms with van der Waals surface area (Å²) in [5.41, 5.74) is 3.84. The summed E-state index contributed by atoms with van der Waals surface area (Å²) in [5, 5.41) is 3.11. The molecule has 1 saturated carbocycles. The minimum absolute atomic E-state index is 0.0371. The number of nitrogens with one attached hydrogen (secondary N) is 1. The van der Waals surface area contributed by atoms with Crippen LogP contribution >= 0.6 is 0 Å². The maximum Gasteiger partial charge on any atom is 0.232 e. The molecule has 1 heterocycles. The van der Waals surface area contributed by atoms with Crippen LogP contribution in [0.15, 0.2) is 18.2 Å². The Morgan fingerprint density at radius 2 is 1.81 bits per heavy atom. The summed E-state index contributed by atoms with van der Waals surface area (Å²) in [6.07, 6.45) is 6.18. The van der Waals surface area contributed by atoms with Gasteiger partial charge in [-0.1, -0.05) is 59.1 Å². The first kappa shape index (κ1) is 14.6. The zero-order valence-corrected chi connectivity index (χ0v) is 13.8. The quantitative estimate of drug-likeness (QED) is 0.773. The third kappa shape index (κ3) is 2.49. The summed E-state index contributed by atoms with van der Waals surface area (Å²) in [7, 11) is 0. The lowest BCUT2D eigenvalue weighted by Crippen LogP contribution is -2.32. The lowest BCUT2D eigenvalue weighted by atomic mass is 9.65. The van der Waals surface area contributed by atoms with Gasteiger partial charge in [-0.05, 0) is 40.9 Å². The lowest BCUT2D eigenvalue weighted by molar-refractivity contribution is -0.120. The molecule has 1 aliphatic heterocycles.